The summed E-state index contributed by atoms with van der Waals surface area (Å²) in [6.07, 6.45) is 4.17. The van der Waals surface area contributed by atoms with Crippen LogP contribution in [0.2, 0.25) is 5.02 Å². The third-order valence-electron chi connectivity index (χ3n) is 4.21. The number of benzene rings is 1. The summed E-state index contributed by atoms with van der Waals surface area (Å²) >= 11 is 6.18. The Labute approximate surface area is 144 Å². The zero-order valence-corrected chi connectivity index (χ0v) is 14.2. The molecule has 7 heteroatoms. The van der Waals surface area contributed by atoms with Crippen molar-refractivity contribution in [3.8, 4) is 28.6 Å². The molecular formula is C17H17ClN4O2. The van der Waals surface area contributed by atoms with Crippen LogP contribution in [-0.2, 0) is 6.54 Å². The number of halogens is 1. The van der Waals surface area contributed by atoms with Gasteiger partial charge in [0.25, 0.3) is 5.89 Å². The van der Waals surface area contributed by atoms with E-state index in [0.717, 1.165) is 12.1 Å². The highest BCUT2D eigenvalue weighted by atomic mass is 35.5. The number of rotatable bonds is 5. The van der Waals surface area contributed by atoms with E-state index in [1.165, 1.54) is 18.5 Å². The summed E-state index contributed by atoms with van der Waals surface area (Å²) in [5, 5.41) is 9.06. The van der Waals surface area contributed by atoms with Gasteiger partial charge in [-0.15, -0.1) is 0 Å². The van der Waals surface area contributed by atoms with Gasteiger partial charge >= 0.3 is 0 Å². The predicted octanol–water partition coefficient (Wildman–Crippen LogP) is 4.16. The normalized spacial score (nSPS) is 14.1. The number of nitrogens with zero attached hydrogens (tertiary/aromatic N) is 4. The van der Waals surface area contributed by atoms with E-state index in [-0.39, 0.29) is 0 Å². The van der Waals surface area contributed by atoms with Crippen LogP contribution in [0.4, 0.5) is 0 Å². The van der Waals surface area contributed by atoms with Gasteiger partial charge in [0.1, 0.15) is 5.75 Å². The molecule has 1 aromatic carbocycles. The van der Waals surface area contributed by atoms with Crippen molar-refractivity contribution in [1.82, 2.24) is 19.9 Å². The van der Waals surface area contributed by atoms with Gasteiger partial charge in [-0.05, 0) is 31.9 Å². The number of hydrogen-bond donors (Lipinski definition) is 0. The highest BCUT2D eigenvalue weighted by Crippen LogP contribution is 2.44. The van der Waals surface area contributed by atoms with Crippen molar-refractivity contribution in [2.45, 2.75) is 32.2 Å². The first-order valence-electron chi connectivity index (χ1n) is 7.95. The summed E-state index contributed by atoms with van der Waals surface area (Å²) in [6, 6.07) is 5.46. The van der Waals surface area contributed by atoms with Gasteiger partial charge in [0.05, 0.1) is 35.2 Å². The second-order valence-electron chi connectivity index (χ2n) is 5.78. The Morgan fingerprint density at radius 2 is 2.17 bits per heavy atom. The molecule has 0 bridgehead atoms. The molecule has 0 unspecified atom stereocenters. The van der Waals surface area contributed by atoms with Gasteiger partial charge in [-0.2, -0.15) is 10.1 Å². The summed E-state index contributed by atoms with van der Waals surface area (Å²) in [7, 11) is 1.57. The smallest absolute Gasteiger partial charge is 0.261 e. The third-order valence-corrected chi connectivity index (χ3v) is 4.51. The van der Waals surface area contributed by atoms with Crippen molar-refractivity contribution >= 4 is 11.6 Å². The molecule has 124 valence electrons. The Bertz CT molecular complexity index is 883. The van der Waals surface area contributed by atoms with Crippen molar-refractivity contribution in [2.24, 2.45) is 0 Å². The lowest BCUT2D eigenvalue weighted by molar-refractivity contribution is 0.413. The van der Waals surface area contributed by atoms with Crippen LogP contribution in [0, 0.1) is 0 Å². The van der Waals surface area contributed by atoms with E-state index < -0.39 is 0 Å². The Morgan fingerprint density at radius 3 is 2.88 bits per heavy atom. The number of methoxy groups -OCH3 is 1. The van der Waals surface area contributed by atoms with E-state index in [1.807, 2.05) is 23.0 Å². The molecule has 0 radical (unpaired) electrons. The molecule has 3 aromatic rings. The summed E-state index contributed by atoms with van der Waals surface area (Å²) in [5.41, 5.74) is 2.81. The maximum absolute atomic E-state index is 6.18. The summed E-state index contributed by atoms with van der Waals surface area (Å²) in [5.74, 6) is 2.01. The van der Waals surface area contributed by atoms with E-state index >= 15 is 0 Å². The minimum atomic E-state index is 0.454. The minimum absolute atomic E-state index is 0.454. The number of aryl methyl sites for hydroxylation is 1. The van der Waals surface area contributed by atoms with Gasteiger partial charge in [0.2, 0.25) is 5.82 Å². The van der Waals surface area contributed by atoms with Crippen LogP contribution in [0.25, 0.3) is 22.8 Å². The molecular weight excluding hydrogens is 328 g/mol. The maximum Gasteiger partial charge on any atom is 0.261 e. The molecule has 2 aromatic heterocycles. The largest absolute Gasteiger partial charge is 0.494 e. The monoisotopic (exact) mass is 344 g/mol. The number of ether oxygens (including phenoxy) is 1. The van der Waals surface area contributed by atoms with Crippen molar-refractivity contribution in [1.29, 1.82) is 0 Å². The molecule has 1 fully saturated rings. The minimum Gasteiger partial charge on any atom is -0.494 e. The van der Waals surface area contributed by atoms with Crippen molar-refractivity contribution in [3.05, 3.63) is 35.1 Å². The second kappa shape index (κ2) is 5.94. The zero-order chi connectivity index (χ0) is 16.7. The molecule has 6 nitrogen and oxygen atoms in total. The Hall–Kier alpha value is -2.34. The van der Waals surface area contributed by atoms with Gasteiger partial charge in [-0.1, -0.05) is 22.8 Å². The lowest BCUT2D eigenvalue weighted by atomic mass is 10.1. The molecule has 1 saturated carbocycles. The summed E-state index contributed by atoms with van der Waals surface area (Å²) in [4.78, 5) is 4.55. The van der Waals surface area contributed by atoms with Gasteiger partial charge in [0, 0.05) is 12.5 Å². The van der Waals surface area contributed by atoms with Crippen LogP contribution < -0.4 is 4.74 Å². The number of para-hydroxylation sites is 1. The molecule has 2 heterocycles. The van der Waals surface area contributed by atoms with Gasteiger partial charge < -0.3 is 9.26 Å². The van der Waals surface area contributed by atoms with Crippen molar-refractivity contribution in [2.75, 3.05) is 7.11 Å². The van der Waals surface area contributed by atoms with Crippen LogP contribution >= 0.6 is 11.6 Å². The standard InChI is InChI=1S/C17H17ClN4O2/c1-3-22-14(10-7-8-10)12(9-19-22)17-20-16(21-24-17)11-5-4-6-13(18)15(11)23-2/h4-6,9-10H,3,7-8H2,1-2H3. The summed E-state index contributed by atoms with van der Waals surface area (Å²) < 4.78 is 12.9. The second-order valence-corrected chi connectivity index (χ2v) is 6.18. The fourth-order valence-electron chi connectivity index (χ4n) is 2.93. The molecule has 0 N–H and O–H groups in total. The van der Waals surface area contributed by atoms with Crippen LogP contribution in [0.3, 0.4) is 0 Å². The van der Waals surface area contributed by atoms with Crippen LogP contribution in [0.1, 0.15) is 31.4 Å². The van der Waals surface area contributed by atoms with Gasteiger partial charge in [-0.3, -0.25) is 4.68 Å². The van der Waals surface area contributed by atoms with E-state index in [2.05, 4.69) is 22.2 Å². The fourth-order valence-corrected chi connectivity index (χ4v) is 3.19. The molecule has 1 aliphatic carbocycles. The van der Waals surface area contributed by atoms with E-state index in [0.29, 0.717) is 34.0 Å². The van der Waals surface area contributed by atoms with Crippen LogP contribution in [-0.4, -0.2) is 27.0 Å². The third kappa shape index (κ3) is 2.47. The van der Waals surface area contributed by atoms with Crippen molar-refractivity contribution < 1.29 is 9.26 Å². The zero-order valence-electron chi connectivity index (χ0n) is 13.5. The Morgan fingerprint density at radius 1 is 1.33 bits per heavy atom. The number of aromatic nitrogens is 4. The lowest BCUT2D eigenvalue weighted by Gasteiger charge is -2.06. The van der Waals surface area contributed by atoms with Gasteiger partial charge in [0.15, 0.2) is 0 Å². The highest BCUT2D eigenvalue weighted by molar-refractivity contribution is 6.32. The molecule has 0 aliphatic heterocycles. The van der Waals surface area contributed by atoms with Crippen LogP contribution in [0.5, 0.6) is 5.75 Å². The predicted molar refractivity (Wildman–Crippen MR) is 90.2 cm³/mol. The average Bonchev–Trinajstić information content (AvgIpc) is 3.16. The molecule has 1 aliphatic rings. The Kier molecular flexibility index (Phi) is 3.76. The summed E-state index contributed by atoms with van der Waals surface area (Å²) in [6.45, 7) is 2.91. The quantitative estimate of drug-likeness (QED) is 0.695. The van der Waals surface area contributed by atoms with E-state index in [9.17, 15) is 0 Å². The molecule has 0 spiro atoms. The van der Waals surface area contributed by atoms with E-state index in [4.69, 9.17) is 20.9 Å². The molecule has 4 rings (SSSR count). The molecule has 24 heavy (non-hydrogen) atoms. The topological polar surface area (TPSA) is 66.0 Å². The van der Waals surface area contributed by atoms with E-state index in [1.54, 1.807) is 13.2 Å². The first-order chi connectivity index (χ1) is 11.7. The SMILES string of the molecule is CCn1ncc(-c2nc(-c3cccc(Cl)c3OC)no2)c1C1CC1. The molecule has 0 amide bonds. The van der Waals surface area contributed by atoms with Gasteiger partial charge in [-0.25, -0.2) is 0 Å². The molecule has 0 atom stereocenters. The number of hydrogen-bond acceptors (Lipinski definition) is 5. The maximum atomic E-state index is 6.18. The average molecular weight is 345 g/mol. The van der Waals surface area contributed by atoms with Crippen LogP contribution in [0.15, 0.2) is 28.9 Å². The Balaban J connectivity index is 1.77. The fraction of sp³-hybridized carbons (Fsp3) is 0.353. The molecule has 0 saturated heterocycles. The first-order valence-corrected chi connectivity index (χ1v) is 8.33. The highest BCUT2D eigenvalue weighted by Gasteiger charge is 2.32. The first kappa shape index (κ1) is 15.2. The van der Waals surface area contributed by atoms with Crippen molar-refractivity contribution in [3.63, 3.8) is 0 Å². The lowest BCUT2D eigenvalue weighted by Crippen LogP contribution is -2.01.